The molecule has 17 heavy (non-hydrogen) atoms. The third-order valence-corrected chi connectivity index (χ3v) is 3.01. The fourth-order valence-electron chi connectivity index (χ4n) is 1.90. The number of hydrogen-bond acceptors (Lipinski definition) is 1. The third kappa shape index (κ3) is 1.87. The van der Waals surface area contributed by atoms with Crippen LogP contribution in [-0.2, 0) is 0 Å². The minimum absolute atomic E-state index is 0.277. The van der Waals surface area contributed by atoms with Crippen molar-refractivity contribution in [1.29, 1.82) is 0 Å². The lowest BCUT2D eigenvalue weighted by Gasteiger charge is -1.96. The lowest BCUT2D eigenvalue weighted by molar-refractivity contribution is 0.476. The summed E-state index contributed by atoms with van der Waals surface area (Å²) in [4.78, 5) is 3.30. The zero-order valence-corrected chi connectivity index (χ0v) is 9.70. The first-order chi connectivity index (χ1) is 8.22. The molecule has 2 nitrogen and oxygen atoms in total. The number of halogens is 1. The molecule has 0 saturated carbocycles. The van der Waals surface area contributed by atoms with Gasteiger partial charge in [0.15, 0.2) is 0 Å². The number of H-pyrrole nitrogens is 1. The Bertz CT molecular complexity index is 670. The molecule has 0 spiro atoms. The first-order valence-electron chi connectivity index (χ1n) is 5.30. The summed E-state index contributed by atoms with van der Waals surface area (Å²) in [6, 6.07) is 14.9. The van der Waals surface area contributed by atoms with Crippen LogP contribution in [0.3, 0.4) is 0 Å². The molecule has 0 atom stereocenters. The Kier molecular flexibility index (Phi) is 2.30. The molecule has 0 bridgehead atoms. The SMILES string of the molecule is Oc1ccc2[nH]c(-c3ccc(Cl)cc3)cc2c1. The molecular weight excluding hydrogens is 234 g/mol. The summed E-state index contributed by atoms with van der Waals surface area (Å²) >= 11 is 5.86. The summed E-state index contributed by atoms with van der Waals surface area (Å²) in [5.41, 5.74) is 3.10. The van der Waals surface area contributed by atoms with Crippen LogP contribution in [0.25, 0.3) is 22.2 Å². The molecule has 1 aromatic heterocycles. The standard InChI is InChI=1S/C14H10ClNO/c15-11-3-1-9(2-4-11)14-8-10-7-12(17)5-6-13(10)16-14/h1-8,16-17H. The monoisotopic (exact) mass is 243 g/mol. The first-order valence-corrected chi connectivity index (χ1v) is 5.68. The van der Waals surface area contributed by atoms with Gasteiger partial charge >= 0.3 is 0 Å². The molecule has 0 radical (unpaired) electrons. The van der Waals surface area contributed by atoms with Crippen molar-refractivity contribution < 1.29 is 5.11 Å². The average molecular weight is 244 g/mol. The highest BCUT2D eigenvalue weighted by Gasteiger charge is 2.03. The molecule has 84 valence electrons. The van der Waals surface area contributed by atoms with Crippen LogP contribution >= 0.6 is 11.6 Å². The Morgan fingerprint density at radius 3 is 2.47 bits per heavy atom. The summed E-state index contributed by atoms with van der Waals surface area (Å²) in [6.45, 7) is 0. The second kappa shape index (κ2) is 3.82. The van der Waals surface area contributed by atoms with Crippen LogP contribution in [0, 0.1) is 0 Å². The smallest absolute Gasteiger partial charge is 0.116 e. The molecule has 0 aliphatic heterocycles. The van der Waals surface area contributed by atoms with Gasteiger partial charge in [-0.2, -0.15) is 0 Å². The first kappa shape index (κ1) is 10.2. The van der Waals surface area contributed by atoms with E-state index in [1.54, 1.807) is 12.1 Å². The number of aromatic amines is 1. The highest BCUT2D eigenvalue weighted by atomic mass is 35.5. The van der Waals surface area contributed by atoms with Crippen LogP contribution in [0.5, 0.6) is 5.75 Å². The summed E-state index contributed by atoms with van der Waals surface area (Å²) in [5.74, 6) is 0.277. The van der Waals surface area contributed by atoms with Crippen molar-refractivity contribution in [3.8, 4) is 17.0 Å². The number of fused-ring (bicyclic) bond motifs is 1. The van der Waals surface area contributed by atoms with Gasteiger partial charge < -0.3 is 10.1 Å². The molecule has 0 fully saturated rings. The van der Waals surface area contributed by atoms with Crippen LogP contribution in [0.4, 0.5) is 0 Å². The van der Waals surface area contributed by atoms with E-state index < -0.39 is 0 Å². The fourth-order valence-corrected chi connectivity index (χ4v) is 2.03. The van der Waals surface area contributed by atoms with Crippen LogP contribution in [-0.4, -0.2) is 10.1 Å². The van der Waals surface area contributed by atoms with Gasteiger partial charge in [0.1, 0.15) is 5.75 Å². The number of phenolic OH excluding ortho intramolecular Hbond substituents is 1. The normalized spacial score (nSPS) is 10.9. The van der Waals surface area contributed by atoms with Crippen molar-refractivity contribution in [3.63, 3.8) is 0 Å². The maximum atomic E-state index is 9.42. The lowest BCUT2D eigenvalue weighted by atomic mass is 10.1. The van der Waals surface area contributed by atoms with E-state index in [9.17, 15) is 5.11 Å². The predicted molar refractivity (Wildman–Crippen MR) is 70.4 cm³/mol. The average Bonchev–Trinajstić information content (AvgIpc) is 2.72. The largest absolute Gasteiger partial charge is 0.508 e. The molecule has 3 aromatic rings. The summed E-state index contributed by atoms with van der Waals surface area (Å²) < 4.78 is 0. The lowest BCUT2D eigenvalue weighted by Crippen LogP contribution is -1.75. The van der Waals surface area contributed by atoms with E-state index in [1.165, 1.54) is 0 Å². The Morgan fingerprint density at radius 1 is 0.941 bits per heavy atom. The van der Waals surface area contributed by atoms with E-state index in [-0.39, 0.29) is 5.75 Å². The van der Waals surface area contributed by atoms with Crippen molar-refractivity contribution in [2.75, 3.05) is 0 Å². The molecule has 0 saturated heterocycles. The maximum Gasteiger partial charge on any atom is 0.116 e. The zero-order valence-electron chi connectivity index (χ0n) is 8.94. The van der Waals surface area contributed by atoms with Crippen molar-refractivity contribution in [3.05, 3.63) is 53.6 Å². The van der Waals surface area contributed by atoms with E-state index in [2.05, 4.69) is 4.98 Å². The van der Waals surface area contributed by atoms with Gasteiger partial charge in [-0.3, -0.25) is 0 Å². The van der Waals surface area contributed by atoms with E-state index in [1.807, 2.05) is 36.4 Å². The maximum absolute atomic E-state index is 9.42. The van der Waals surface area contributed by atoms with Gasteiger partial charge in [0.05, 0.1) is 0 Å². The van der Waals surface area contributed by atoms with Crippen molar-refractivity contribution >= 4 is 22.5 Å². The number of rotatable bonds is 1. The minimum atomic E-state index is 0.277. The van der Waals surface area contributed by atoms with Crippen LogP contribution < -0.4 is 0 Å². The summed E-state index contributed by atoms with van der Waals surface area (Å²) in [7, 11) is 0. The number of hydrogen-bond donors (Lipinski definition) is 2. The summed E-state index contributed by atoms with van der Waals surface area (Å²) in [6.07, 6.45) is 0. The zero-order chi connectivity index (χ0) is 11.8. The molecule has 2 N–H and O–H groups in total. The third-order valence-electron chi connectivity index (χ3n) is 2.76. The second-order valence-electron chi connectivity index (χ2n) is 3.96. The Balaban J connectivity index is 2.14. The van der Waals surface area contributed by atoms with Crippen molar-refractivity contribution in [2.45, 2.75) is 0 Å². The highest BCUT2D eigenvalue weighted by Crippen LogP contribution is 2.27. The molecule has 0 unspecified atom stereocenters. The molecule has 3 heteroatoms. The molecular formula is C14H10ClNO. The minimum Gasteiger partial charge on any atom is -0.508 e. The number of benzene rings is 2. The van der Waals surface area contributed by atoms with Crippen LogP contribution in [0.2, 0.25) is 5.02 Å². The van der Waals surface area contributed by atoms with E-state index in [0.29, 0.717) is 0 Å². The van der Waals surface area contributed by atoms with Gasteiger partial charge in [-0.25, -0.2) is 0 Å². The molecule has 0 amide bonds. The van der Waals surface area contributed by atoms with Crippen LogP contribution in [0.1, 0.15) is 0 Å². The van der Waals surface area contributed by atoms with Gasteiger partial charge in [0.2, 0.25) is 0 Å². The van der Waals surface area contributed by atoms with E-state index in [0.717, 1.165) is 27.2 Å². The molecule has 0 aliphatic rings. The quantitative estimate of drug-likeness (QED) is 0.660. The predicted octanol–water partition coefficient (Wildman–Crippen LogP) is 4.19. The van der Waals surface area contributed by atoms with Crippen LogP contribution in [0.15, 0.2) is 48.5 Å². The summed E-state index contributed by atoms with van der Waals surface area (Å²) in [5, 5.41) is 11.1. The topological polar surface area (TPSA) is 36.0 Å². The Morgan fingerprint density at radius 2 is 1.71 bits per heavy atom. The van der Waals surface area contributed by atoms with Gasteiger partial charge in [-0.05, 0) is 42.0 Å². The van der Waals surface area contributed by atoms with Crippen molar-refractivity contribution in [2.24, 2.45) is 0 Å². The number of nitrogens with one attached hydrogen (secondary N) is 1. The van der Waals surface area contributed by atoms with Gasteiger partial charge in [0, 0.05) is 21.6 Å². The number of aromatic nitrogens is 1. The number of phenols is 1. The second-order valence-corrected chi connectivity index (χ2v) is 4.40. The Labute approximate surface area is 103 Å². The van der Waals surface area contributed by atoms with E-state index in [4.69, 9.17) is 11.6 Å². The van der Waals surface area contributed by atoms with Gasteiger partial charge in [-0.1, -0.05) is 23.7 Å². The van der Waals surface area contributed by atoms with Crippen molar-refractivity contribution in [1.82, 2.24) is 4.98 Å². The Hall–Kier alpha value is -1.93. The number of aromatic hydroxyl groups is 1. The molecule has 1 heterocycles. The molecule has 0 aliphatic carbocycles. The fraction of sp³-hybridized carbons (Fsp3) is 0. The molecule has 2 aromatic carbocycles. The highest BCUT2D eigenvalue weighted by molar-refractivity contribution is 6.30. The van der Waals surface area contributed by atoms with Gasteiger partial charge in [0.25, 0.3) is 0 Å². The van der Waals surface area contributed by atoms with Gasteiger partial charge in [-0.15, -0.1) is 0 Å². The molecule has 3 rings (SSSR count). The van der Waals surface area contributed by atoms with E-state index >= 15 is 0 Å².